The van der Waals surface area contributed by atoms with E-state index in [1.165, 1.54) is 0 Å². The highest BCUT2D eigenvalue weighted by Crippen LogP contribution is 2.83. The molecule has 7 bridgehead atoms. The van der Waals surface area contributed by atoms with Crippen molar-refractivity contribution in [2.24, 2.45) is 39.9 Å². The smallest absolute Gasteiger partial charge is 0.0813 e. The van der Waals surface area contributed by atoms with Crippen LogP contribution in [0.3, 0.4) is 0 Å². The van der Waals surface area contributed by atoms with E-state index in [0.29, 0.717) is 17.9 Å². The molecule has 0 unspecified atom stereocenters. The molecular weight excluding hydrogens is 326 g/mol. The number of aliphatic hydroxyl groups is 3. The Balaban J connectivity index is 1.61. The quantitative estimate of drug-likeness (QED) is 0.625. The molecule has 5 saturated carbocycles. The van der Waals surface area contributed by atoms with Gasteiger partial charge in [0.25, 0.3) is 0 Å². The van der Waals surface area contributed by atoms with Crippen molar-refractivity contribution in [1.29, 1.82) is 0 Å². The predicted molar refractivity (Wildman–Crippen MR) is 98.2 cm³/mol. The van der Waals surface area contributed by atoms with Crippen molar-refractivity contribution in [2.75, 3.05) is 13.1 Å². The van der Waals surface area contributed by atoms with Crippen molar-refractivity contribution < 1.29 is 15.3 Å². The number of likely N-dealkylation sites (tertiary alicyclic amines) is 1. The molecular formula is C22H33NO3. The Labute approximate surface area is 156 Å². The summed E-state index contributed by atoms with van der Waals surface area (Å²) in [5.41, 5.74) is 0.849. The zero-order valence-corrected chi connectivity index (χ0v) is 16.1. The largest absolute Gasteiger partial charge is 0.392 e. The average Bonchev–Trinajstić information content (AvgIpc) is 3.14. The van der Waals surface area contributed by atoms with Crippen LogP contribution in [0.5, 0.6) is 0 Å². The van der Waals surface area contributed by atoms with Crippen LogP contribution < -0.4 is 0 Å². The Morgan fingerprint density at radius 1 is 1.19 bits per heavy atom. The fraction of sp³-hybridized carbons (Fsp3) is 0.909. The van der Waals surface area contributed by atoms with E-state index in [-0.39, 0.29) is 34.2 Å². The Morgan fingerprint density at radius 3 is 2.69 bits per heavy atom. The summed E-state index contributed by atoms with van der Waals surface area (Å²) in [6.07, 6.45) is 3.58. The summed E-state index contributed by atoms with van der Waals surface area (Å²) in [6.45, 7) is 11.1. The van der Waals surface area contributed by atoms with Gasteiger partial charge in [0.05, 0.1) is 18.3 Å². The number of piperidine rings is 1. The Hall–Kier alpha value is -0.420. The minimum atomic E-state index is -0.500. The van der Waals surface area contributed by atoms with Crippen molar-refractivity contribution in [3.05, 3.63) is 12.2 Å². The van der Waals surface area contributed by atoms with Crippen molar-refractivity contribution >= 4 is 0 Å². The second kappa shape index (κ2) is 4.59. The van der Waals surface area contributed by atoms with Crippen LogP contribution in [-0.2, 0) is 0 Å². The molecule has 6 fully saturated rings. The number of hydrogen-bond donors (Lipinski definition) is 3. The van der Waals surface area contributed by atoms with Crippen molar-refractivity contribution in [2.45, 2.75) is 70.3 Å². The van der Waals surface area contributed by atoms with Gasteiger partial charge < -0.3 is 15.3 Å². The predicted octanol–water partition coefficient (Wildman–Crippen LogP) is 1.79. The maximum absolute atomic E-state index is 11.5. The van der Waals surface area contributed by atoms with Gasteiger partial charge in [-0.25, -0.2) is 0 Å². The topological polar surface area (TPSA) is 63.9 Å². The van der Waals surface area contributed by atoms with Crippen LogP contribution >= 0.6 is 0 Å². The van der Waals surface area contributed by atoms with Crippen molar-refractivity contribution in [3.63, 3.8) is 0 Å². The molecule has 4 heteroatoms. The third-order valence-corrected chi connectivity index (χ3v) is 10.6. The first-order valence-electron chi connectivity index (χ1n) is 10.8. The highest BCUT2D eigenvalue weighted by molar-refractivity contribution is 5.39. The molecule has 0 aromatic carbocycles. The normalized spacial score (nSPS) is 65.5. The second-order valence-corrected chi connectivity index (χ2v) is 10.9. The van der Waals surface area contributed by atoms with E-state index in [1.54, 1.807) is 0 Å². The summed E-state index contributed by atoms with van der Waals surface area (Å²) in [6, 6.07) is 0.373. The molecule has 4 nitrogen and oxygen atoms in total. The van der Waals surface area contributed by atoms with Crippen LogP contribution in [0.15, 0.2) is 12.2 Å². The van der Waals surface area contributed by atoms with Gasteiger partial charge in [-0.1, -0.05) is 20.4 Å². The van der Waals surface area contributed by atoms with E-state index in [2.05, 4.69) is 25.3 Å². The van der Waals surface area contributed by atoms with Gasteiger partial charge in [0, 0.05) is 29.3 Å². The molecule has 6 rings (SSSR count). The summed E-state index contributed by atoms with van der Waals surface area (Å²) >= 11 is 0. The molecule has 144 valence electrons. The summed E-state index contributed by atoms with van der Waals surface area (Å²) in [5, 5.41) is 33.8. The molecule has 0 aromatic heterocycles. The lowest BCUT2D eigenvalue weighted by Crippen LogP contribution is -2.68. The molecule has 0 radical (unpaired) electrons. The van der Waals surface area contributed by atoms with Gasteiger partial charge >= 0.3 is 0 Å². The van der Waals surface area contributed by atoms with Crippen LogP contribution in [0.1, 0.15) is 46.0 Å². The molecule has 11 atom stereocenters. The third kappa shape index (κ3) is 1.37. The van der Waals surface area contributed by atoms with E-state index >= 15 is 0 Å². The van der Waals surface area contributed by atoms with Crippen LogP contribution in [-0.4, -0.2) is 57.7 Å². The molecule has 5 aliphatic carbocycles. The SMILES string of the molecule is C=C1[C@H]2C[C@@]3([C@H]1O)[C@H]1C[C@@H]4[C@@]5(C)CC[C@H](O)[C@]4([C@H]1N(CC)C5)[C@H]3C[C@H]2O. The number of nitrogens with zero attached hydrogens (tertiary/aromatic N) is 1. The van der Waals surface area contributed by atoms with Crippen LogP contribution in [0.4, 0.5) is 0 Å². The van der Waals surface area contributed by atoms with Gasteiger partial charge in [-0.15, -0.1) is 0 Å². The second-order valence-electron chi connectivity index (χ2n) is 10.9. The maximum atomic E-state index is 11.5. The summed E-state index contributed by atoms with van der Waals surface area (Å²) in [5.74, 6) is 1.26. The fourth-order valence-corrected chi connectivity index (χ4v) is 9.97. The Morgan fingerprint density at radius 2 is 1.96 bits per heavy atom. The number of hydrogen-bond acceptors (Lipinski definition) is 4. The Kier molecular flexibility index (Phi) is 2.92. The summed E-state index contributed by atoms with van der Waals surface area (Å²) in [4.78, 5) is 2.65. The summed E-state index contributed by atoms with van der Waals surface area (Å²) < 4.78 is 0. The number of rotatable bonds is 1. The van der Waals surface area contributed by atoms with E-state index < -0.39 is 12.2 Å². The van der Waals surface area contributed by atoms with Gasteiger partial charge in [0.2, 0.25) is 0 Å². The first-order valence-corrected chi connectivity index (χ1v) is 10.8. The minimum absolute atomic E-state index is 0.0547. The van der Waals surface area contributed by atoms with Gasteiger partial charge in [-0.05, 0) is 67.4 Å². The molecule has 1 heterocycles. The first-order chi connectivity index (χ1) is 12.3. The van der Waals surface area contributed by atoms with Crippen molar-refractivity contribution in [1.82, 2.24) is 4.90 Å². The van der Waals surface area contributed by atoms with E-state index in [1.807, 2.05) is 0 Å². The van der Waals surface area contributed by atoms with Gasteiger partial charge in [-0.2, -0.15) is 0 Å². The number of aliphatic hydroxyl groups excluding tert-OH is 3. The van der Waals surface area contributed by atoms with Crippen LogP contribution in [0.2, 0.25) is 0 Å². The van der Waals surface area contributed by atoms with Gasteiger partial charge in [-0.3, -0.25) is 4.90 Å². The highest BCUT2D eigenvalue weighted by Gasteiger charge is 2.85. The third-order valence-electron chi connectivity index (χ3n) is 10.6. The zero-order chi connectivity index (χ0) is 18.2. The van der Waals surface area contributed by atoms with E-state index in [4.69, 9.17) is 0 Å². The van der Waals surface area contributed by atoms with Crippen molar-refractivity contribution in [3.8, 4) is 0 Å². The first kappa shape index (κ1) is 16.5. The van der Waals surface area contributed by atoms with Crippen LogP contribution in [0, 0.1) is 39.9 Å². The Bertz CT molecular complexity index is 695. The highest BCUT2D eigenvalue weighted by atomic mass is 16.3. The molecule has 0 aromatic rings. The number of fused-ring (bicyclic) bond motifs is 1. The lowest BCUT2D eigenvalue weighted by molar-refractivity contribution is -0.218. The van der Waals surface area contributed by atoms with Gasteiger partial charge in [0.15, 0.2) is 0 Å². The standard InChI is InChI=1S/C22H33NO3/c1-4-23-10-20(3)6-5-17(25)22-15(20)7-13(18(22)23)21-9-12(11(2)19(21)26)14(24)8-16(21)22/h12-19,24-26H,2,4-10H2,1,3H3/t12-,13+,14-,15-,16+,17+,18+,19+,20+,21-,22-/m1/s1. The van der Waals surface area contributed by atoms with Gasteiger partial charge in [0.1, 0.15) is 0 Å². The molecule has 6 aliphatic rings. The van der Waals surface area contributed by atoms with E-state index in [0.717, 1.165) is 50.8 Å². The average molecular weight is 360 g/mol. The minimum Gasteiger partial charge on any atom is -0.392 e. The lowest BCUT2D eigenvalue weighted by Gasteiger charge is -2.65. The fourth-order valence-electron chi connectivity index (χ4n) is 9.97. The molecule has 26 heavy (non-hydrogen) atoms. The molecule has 0 amide bonds. The maximum Gasteiger partial charge on any atom is 0.0813 e. The molecule has 3 N–H and O–H groups in total. The lowest BCUT2D eigenvalue weighted by atomic mass is 9.43. The molecule has 1 aliphatic heterocycles. The monoisotopic (exact) mass is 359 g/mol. The van der Waals surface area contributed by atoms with E-state index in [9.17, 15) is 15.3 Å². The molecule has 1 saturated heterocycles. The zero-order valence-electron chi connectivity index (χ0n) is 16.1. The molecule has 2 spiro atoms. The van der Waals surface area contributed by atoms with Crippen LogP contribution in [0.25, 0.3) is 0 Å². The summed E-state index contributed by atoms with van der Waals surface area (Å²) in [7, 11) is 0.